The van der Waals surface area contributed by atoms with Crippen molar-refractivity contribution in [1.82, 2.24) is 5.32 Å². The molecule has 0 aliphatic heterocycles. The molecular weight excluding hydrogens is 214 g/mol. The van der Waals surface area contributed by atoms with Crippen LogP contribution in [-0.2, 0) is 4.79 Å². The maximum absolute atomic E-state index is 10.7. The summed E-state index contributed by atoms with van der Waals surface area (Å²) in [4.78, 5) is 10.7. The Labute approximate surface area is 94.4 Å². The second-order valence-electron chi connectivity index (χ2n) is 4.33. The lowest BCUT2D eigenvalue weighted by atomic mass is 10.1. The van der Waals surface area contributed by atoms with Gasteiger partial charge in [-0.15, -0.1) is 0 Å². The van der Waals surface area contributed by atoms with Gasteiger partial charge in [-0.25, -0.2) is 4.79 Å². The zero-order valence-corrected chi connectivity index (χ0v) is 10.0. The van der Waals surface area contributed by atoms with Crippen LogP contribution in [0.15, 0.2) is 0 Å². The maximum Gasteiger partial charge on any atom is 0.336 e. The number of aliphatic carboxylic acids is 1. The number of carboxylic acid groups (broad SMARTS) is 1. The maximum atomic E-state index is 10.7. The second kappa shape index (κ2) is 5.18. The van der Waals surface area contributed by atoms with Crippen molar-refractivity contribution in [2.45, 2.75) is 43.1 Å². The van der Waals surface area contributed by atoms with E-state index in [-0.39, 0.29) is 6.54 Å². The van der Waals surface area contributed by atoms with Gasteiger partial charge in [0.05, 0.1) is 0 Å². The van der Waals surface area contributed by atoms with Crippen molar-refractivity contribution in [3.8, 4) is 0 Å². The Morgan fingerprint density at radius 2 is 2.27 bits per heavy atom. The molecule has 0 radical (unpaired) electrons. The third-order valence-corrected chi connectivity index (χ3v) is 4.01. The van der Waals surface area contributed by atoms with E-state index in [0.717, 1.165) is 12.8 Å². The van der Waals surface area contributed by atoms with Gasteiger partial charge in [-0.1, -0.05) is 0 Å². The van der Waals surface area contributed by atoms with Gasteiger partial charge in [0.25, 0.3) is 0 Å². The van der Waals surface area contributed by atoms with Crippen molar-refractivity contribution in [1.29, 1.82) is 0 Å². The smallest absolute Gasteiger partial charge is 0.336 e. The van der Waals surface area contributed by atoms with Crippen LogP contribution in [0.5, 0.6) is 0 Å². The molecule has 1 fully saturated rings. The average molecular weight is 233 g/mol. The molecule has 0 aromatic heterocycles. The largest absolute Gasteiger partial charge is 0.479 e. The fourth-order valence-electron chi connectivity index (χ4n) is 1.76. The van der Waals surface area contributed by atoms with Crippen molar-refractivity contribution in [2.24, 2.45) is 0 Å². The number of thioether (sulfide) groups is 1. The van der Waals surface area contributed by atoms with Gasteiger partial charge in [-0.2, -0.15) is 11.8 Å². The summed E-state index contributed by atoms with van der Waals surface area (Å²) in [7, 11) is 0. The van der Waals surface area contributed by atoms with Crippen LogP contribution in [0.2, 0.25) is 0 Å². The zero-order valence-electron chi connectivity index (χ0n) is 9.19. The van der Waals surface area contributed by atoms with Gasteiger partial charge < -0.3 is 15.5 Å². The first kappa shape index (κ1) is 12.8. The molecule has 0 aromatic carbocycles. The third-order valence-electron chi connectivity index (χ3n) is 2.91. The highest BCUT2D eigenvalue weighted by molar-refractivity contribution is 7.99. The first-order valence-corrected chi connectivity index (χ1v) is 6.46. The van der Waals surface area contributed by atoms with E-state index < -0.39 is 11.6 Å². The fourth-order valence-corrected chi connectivity index (χ4v) is 2.55. The van der Waals surface area contributed by atoms with E-state index in [1.807, 2.05) is 11.8 Å². The summed E-state index contributed by atoms with van der Waals surface area (Å²) in [5.74, 6) is -1.17. The van der Waals surface area contributed by atoms with Crippen LogP contribution in [0.25, 0.3) is 0 Å². The number of rotatable bonds is 5. The Balaban J connectivity index is 2.29. The molecule has 88 valence electrons. The van der Waals surface area contributed by atoms with Gasteiger partial charge >= 0.3 is 5.97 Å². The number of aliphatic hydroxyl groups is 1. The second-order valence-corrected chi connectivity index (χ2v) is 5.47. The highest BCUT2D eigenvalue weighted by Crippen LogP contribution is 2.28. The lowest BCUT2D eigenvalue weighted by molar-refractivity contribution is -0.156. The van der Waals surface area contributed by atoms with Crippen LogP contribution >= 0.6 is 11.8 Å². The molecule has 4 nitrogen and oxygen atoms in total. The van der Waals surface area contributed by atoms with Gasteiger partial charge in [-0.05, 0) is 32.4 Å². The van der Waals surface area contributed by atoms with Crippen LogP contribution in [0.4, 0.5) is 0 Å². The summed E-state index contributed by atoms with van der Waals surface area (Å²) < 4.78 is 0. The SMILES string of the molecule is CSC1CCC(NCC(C)(O)C(=O)O)C1. The van der Waals surface area contributed by atoms with Crippen LogP contribution in [0, 0.1) is 0 Å². The van der Waals surface area contributed by atoms with Crippen molar-refractivity contribution in [3.05, 3.63) is 0 Å². The van der Waals surface area contributed by atoms with Gasteiger partial charge in [0.1, 0.15) is 0 Å². The molecule has 3 N–H and O–H groups in total. The van der Waals surface area contributed by atoms with Gasteiger partial charge in [0.2, 0.25) is 0 Å². The number of carboxylic acids is 1. The van der Waals surface area contributed by atoms with E-state index >= 15 is 0 Å². The predicted octanol–water partition coefficient (Wildman–Crippen LogP) is 0.696. The zero-order chi connectivity index (χ0) is 11.5. The molecule has 0 heterocycles. The molecule has 5 heteroatoms. The minimum absolute atomic E-state index is 0.119. The standard InChI is InChI=1S/C10H19NO3S/c1-10(14,9(12)13)6-11-7-3-4-8(5-7)15-2/h7-8,11,14H,3-6H2,1-2H3,(H,12,13). The fraction of sp³-hybridized carbons (Fsp3) is 0.900. The molecule has 1 rings (SSSR count). The molecule has 1 aliphatic carbocycles. The van der Waals surface area contributed by atoms with E-state index in [0.29, 0.717) is 11.3 Å². The Hall–Kier alpha value is -0.260. The molecule has 1 aliphatic rings. The Morgan fingerprint density at radius 1 is 1.60 bits per heavy atom. The molecule has 0 aromatic rings. The Kier molecular flexibility index (Phi) is 4.43. The normalized spacial score (nSPS) is 30.1. The lowest BCUT2D eigenvalue weighted by Gasteiger charge is -2.21. The average Bonchev–Trinajstić information content (AvgIpc) is 2.62. The topological polar surface area (TPSA) is 69.6 Å². The van der Waals surface area contributed by atoms with Gasteiger partial charge in [0, 0.05) is 17.8 Å². The molecule has 1 saturated carbocycles. The highest BCUT2D eigenvalue weighted by atomic mass is 32.2. The third kappa shape index (κ3) is 3.66. The highest BCUT2D eigenvalue weighted by Gasteiger charge is 2.32. The number of hydrogen-bond donors (Lipinski definition) is 3. The van der Waals surface area contributed by atoms with Crippen molar-refractivity contribution >= 4 is 17.7 Å². The quantitative estimate of drug-likeness (QED) is 0.652. The number of hydrogen-bond acceptors (Lipinski definition) is 4. The van der Waals surface area contributed by atoms with Gasteiger partial charge in [0.15, 0.2) is 5.60 Å². The molecule has 0 spiro atoms. The van der Waals surface area contributed by atoms with Crippen LogP contribution in [0.3, 0.4) is 0 Å². The number of nitrogens with one attached hydrogen (secondary N) is 1. The van der Waals surface area contributed by atoms with E-state index in [1.165, 1.54) is 13.3 Å². The summed E-state index contributed by atoms with van der Waals surface area (Å²) in [6, 6.07) is 0.355. The minimum atomic E-state index is -1.66. The summed E-state index contributed by atoms with van der Waals surface area (Å²) in [5, 5.41) is 22.0. The molecule has 0 amide bonds. The number of carbonyl (C=O) groups is 1. The van der Waals surface area contributed by atoms with Crippen LogP contribution in [-0.4, -0.2) is 45.9 Å². The van der Waals surface area contributed by atoms with E-state index in [9.17, 15) is 9.90 Å². The summed E-state index contributed by atoms with van der Waals surface area (Å²) in [6.07, 6.45) is 5.41. The van der Waals surface area contributed by atoms with Crippen LogP contribution in [0.1, 0.15) is 26.2 Å². The van der Waals surface area contributed by atoms with E-state index in [2.05, 4.69) is 11.6 Å². The molecule has 3 atom stereocenters. The monoisotopic (exact) mass is 233 g/mol. The Morgan fingerprint density at radius 3 is 2.73 bits per heavy atom. The molecule has 0 saturated heterocycles. The lowest BCUT2D eigenvalue weighted by Crippen LogP contribution is -2.47. The summed E-state index contributed by atoms with van der Waals surface area (Å²) in [5.41, 5.74) is -1.66. The summed E-state index contributed by atoms with van der Waals surface area (Å²) in [6.45, 7) is 1.44. The van der Waals surface area contributed by atoms with E-state index in [1.54, 1.807) is 0 Å². The molecule has 0 bridgehead atoms. The summed E-state index contributed by atoms with van der Waals surface area (Å²) >= 11 is 1.86. The van der Waals surface area contributed by atoms with Gasteiger partial charge in [-0.3, -0.25) is 0 Å². The molecular formula is C10H19NO3S. The van der Waals surface area contributed by atoms with Crippen molar-refractivity contribution in [2.75, 3.05) is 12.8 Å². The first-order chi connectivity index (χ1) is 6.95. The first-order valence-electron chi connectivity index (χ1n) is 5.17. The minimum Gasteiger partial charge on any atom is -0.479 e. The van der Waals surface area contributed by atoms with Crippen molar-refractivity contribution < 1.29 is 15.0 Å². The molecule has 3 unspecified atom stereocenters. The predicted molar refractivity (Wildman–Crippen MR) is 61.2 cm³/mol. The van der Waals surface area contributed by atoms with E-state index in [4.69, 9.17) is 5.11 Å². The van der Waals surface area contributed by atoms with Crippen molar-refractivity contribution in [3.63, 3.8) is 0 Å². The Bertz CT molecular complexity index is 233. The van der Waals surface area contributed by atoms with Crippen LogP contribution < -0.4 is 5.32 Å². The molecule has 15 heavy (non-hydrogen) atoms.